The summed E-state index contributed by atoms with van der Waals surface area (Å²) in [5.74, 6) is 2.68. The minimum atomic E-state index is 0.844. The highest BCUT2D eigenvalue weighted by Gasteiger charge is 2.36. The molecule has 3 atom stereocenters. The van der Waals surface area contributed by atoms with Gasteiger partial charge in [0.15, 0.2) is 0 Å². The zero-order valence-electron chi connectivity index (χ0n) is 13.3. The third-order valence-electron chi connectivity index (χ3n) is 5.79. The lowest BCUT2D eigenvalue weighted by atomic mass is 9.93. The molecule has 1 saturated carbocycles. The second-order valence-corrected chi connectivity index (χ2v) is 7.70. The molecule has 1 saturated heterocycles. The summed E-state index contributed by atoms with van der Waals surface area (Å²) in [7, 11) is 0. The van der Waals surface area contributed by atoms with E-state index in [4.69, 9.17) is 11.6 Å². The molecule has 1 aromatic carbocycles. The van der Waals surface area contributed by atoms with E-state index in [0.29, 0.717) is 0 Å². The van der Waals surface area contributed by atoms with Crippen LogP contribution in [0.15, 0.2) is 30.4 Å². The molecule has 1 heterocycles. The van der Waals surface area contributed by atoms with Gasteiger partial charge in [0, 0.05) is 43.4 Å². The second kappa shape index (κ2) is 5.90. The lowest BCUT2D eigenvalue weighted by Gasteiger charge is -2.38. The zero-order valence-corrected chi connectivity index (χ0v) is 14.1. The molecule has 2 bridgehead atoms. The summed E-state index contributed by atoms with van der Waals surface area (Å²) < 4.78 is 0. The summed E-state index contributed by atoms with van der Waals surface area (Å²) in [4.78, 5) is 5.17. The van der Waals surface area contributed by atoms with E-state index in [-0.39, 0.29) is 0 Å². The molecule has 0 aromatic heterocycles. The molecule has 0 spiro atoms. The Labute approximate surface area is 138 Å². The van der Waals surface area contributed by atoms with Crippen LogP contribution in [0.3, 0.4) is 0 Å². The Morgan fingerprint density at radius 3 is 2.59 bits per heavy atom. The third-order valence-corrected chi connectivity index (χ3v) is 6.03. The first-order valence-corrected chi connectivity index (χ1v) is 8.98. The largest absolute Gasteiger partial charge is 0.369 e. The maximum absolute atomic E-state index is 6.17. The summed E-state index contributed by atoms with van der Waals surface area (Å²) in [6.45, 7) is 8.09. The molecule has 1 aliphatic heterocycles. The molecule has 0 amide bonds. The first-order chi connectivity index (χ1) is 10.7. The Morgan fingerprint density at radius 2 is 1.91 bits per heavy atom. The van der Waals surface area contributed by atoms with Gasteiger partial charge in [-0.05, 0) is 55.2 Å². The summed E-state index contributed by atoms with van der Waals surface area (Å²) in [6.07, 6.45) is 7.77. The number of allylic oxidation sites excluding steroid dienone is 2. The molecule has 3 heteroatoms. The average Bonchev–Trinajstić information content (AvgIpc) is 3.13. The molecule has 0 radical (unpaired) electrons. The maximum Gasteiger partial charge on any atom is 0.0426 e. The van der Waals surface area contributed by atoms with Crippen molar-refractivity contribution in [3.63, 3.8) is 0 Å². The van der Waals surface area contributed by atoms with Crippen molar-refractivity contribution in [1.82, 2.24) is 4.90 Å². The highest BCUT2D eigenvalue weighted by atomic mass is 35.5. The third kappa shape index (κ3) is 2.79. The van der Waals surface area contributed by atoms with Gasteiger partial charge in [-0.3, -0.25) is 4.90 Å². The first kappa shape index (κ1) is 14.6. The Bertz CT molecular complexity index is 575. The molecule has 22 heavy (non-hydrogen) atoms. The van der Waals surface area contributed by atoms with Crippen molar-refractivity contribution in [2.24, 2.45) is 17.8 Å². The quantitative estimate of drug-likeness (QED) is 0.778. The lowest BCUT2D eigenvalue weighted by Crippen LogP contribution is -2.48. The number of rotatable bonds is 3. The van der Waals surface area contributed by atoms with E-state index in [0.717, 1.165) is 35.9 Å². The number of piperazine rings is 1. The summed E-state index contributed by atoms with van der Waals surface area (Å²) in [6, 6.07) is 6.23. The SMILES string of the molecule is Cc1ccc(Cl)cc1N1CCN(CC2CC3C=CC2C3)CC1. The van der Waals surface area contributed by atoms with Crippen molar-refractivity contribution in [2.45, 2.75) is 19.8 Å². The highest BCUT2D eigenvalue weighted by Crippen LogP contribution is 2.43. The molecular weight excluding hydrogens is 292 g/mol. The van der Waals surface area contributed by atoms with Crippen molar-refractivity contribution < 1.29 is 0 Å². The van der Waals surface area contributed by atoms with Gasteiger partial charge in [-0.15, -0.1) is 0 Å². The van der Waals surface area contributed by atoms with Crippen molar-refractivity contribution in [1.29, 1.82) is 0 Å². The van der Waals surface area contributed by atoms with Crippen molar-refractivity contribution in [2.75, 3.05) is 37.6 Å². The van der Waals surface area contributed by atoms with Crippen LogP contribution in [-0.2, 0) is 0 Å². The Morgan fingerprint density at radius 1 is 1.09 bits per heavy atom. The van der Waals surface area contributed by atoms with Crippen LogP contribution in [0.2, 0.25) is 5.02 Å². The molecule has 2 fully saturated rings. The summed E-state index contributed by atoms with van der Waals surface area (Å²) in [5, 5.41) is 0.844. The number of halogens is 1. The smallest absolute Gasteiger partial charge is 0.0426 e. The van der Waals surface area contributed by atoms with Crippen LogP contribution in [0, 0.1) is 24.7 Å². The Kier molecular flexibility index (Phi) is 3.91. The van der Waals surface area contributed by atoms with Gasteiger partial charge < -0.3 is 4.90 Å². The van der Waals surface area contributed by atoms with Gasteiger partial charge >= 0.3 is 0 Å². The van der Waals surface area contributed by atoms with E-state index in [9.17, 15) is 0 Å². The van der Waals surface area contributed by atoms with Crippen LogP contribution in [0.25, 0.3) is 0 Å². The van der Waals surface area contributed by atoms with E-state index >= 15 is 0 Å². The van der Waals surface area contributed by atoms with Gasteiger partial charge in [0.2, 0.25) is 0 Å². The van der Waals surface area contributed by atoms with Gasteiger partial charge in [0.1, 0.15) is 0 Å². The normalized spacial score (nSPS) is 31.2. The molecular formula is C19H25ClN2. The van der Waals surface area contributed by atoms with Crippen LogP contribution >= 0.6 is 11.6 Å². The highest BCUT2D eigenvalue weighted by molar-refractivity contribution is 6.30. The number of fused-ring (bicyclic) bond motifs is 2. The monoisotopic (exact) mass is 316 g/mol. The molecule has 3 aliphatic rings. The minimum Gasteiger partial charge on any atom is -0.369 e. The van der Waals surface area contributed by atoms with Crippen LogP contribution in [0.1, 0.15) is 18.4 Å². The molecule has 2 nitrogen and oxygen atoms in total. The summed E-state index contributed by atoms with van der Waals surface area (Å²) in [5.41, 5.74) is 2.64. The average molecular weight is 317 g/mol. The summed E-state index contributed by atoms with van der Waals surface area (Å²) >= 11 is 6.17. The van der Waals surface area contributed by atoms with Gasteiger partial charge in [0.25, 0.3) is 0 Å². The van der Waals surface area contributed by atoms with Gasteiger partial charge in [-0.2, -0.15) is 0 Å². The van der Waals surface area contributed by atoms with E-state index < -0.39 is 0 Å². The van der Waals surface area contributed by atoms with E-state index in [1.54, 1.807) is 0 Å². The molecule has 118 valence electrons. The lowest BCUT2D eigenvalue weighted by molar-refractivity contribution is 0.204. The van der Waals surface area contributed by atoms with Crippen LogP contribution in [0.5, 0.6) is 0 Å². The number of hydrogen-bond donors (Lipinski definition) is 0. The van der Waals surface area contributed by atoms with E-state index in [1.165, 1.54) is 43.7 Å². The van der Waals surface area contributed by atoms with Gasteiger partial charge in [-0.25, -0.2) is 0 Å². The van der Waals surface area contributed by atoms with Crippen molar-refractivity contribution in [3.05, 3.63) is 40.9 Å². The topological polar surface area (TPSA) is 6.48 Å². The van der Waals surface area contributed by atoms with Crippen molar-refractivity contribution in [3.8, 4) is 0 Å². The number of hydrogen-bond acceptors (Lipinski definition) is 2. The minimum absolute atomic E-state index is 0.844. The predicted molar refractivity (Wildman–Crippen MR) is 93.7 cm³/mol. The van der Waals surface area contributed by atoms with E-state index in [2.05, 4.69) is 41.0 Å². The molecule has 4 rings (SSSR count). The maximum atomic E-state index is 6.17. The molecule has 1 aromatic rings. The molecule has 3 unspecified atom stereocenters. The molecule has 2 aliphatic carbocycles. The second-order valence-electron chi connectivity index (χ2n) is 7.26. The predicted octanol–water partition coefficient (Wildman–Crippen LogP) is 3.98. The van der Waals surface area contributed by atoms with Gasteiger partial charge in [-0.1, -0.05) is 29.8 Å². The fraction of sp³-hybridized carbons (Fsp3) is 0.579. The number of benzene rings is 1. The Hall–Kier alpha value is -0.990. The van der Waals surface area contributed by atoms with E-state index in [1.807, 2.05) is 6.07 Å². The zero-order chi connectivity index (χ0) is 15.1. The van der Waals surface area contributed by atoms with Crippen molar-refractivity contribution >= 4 is 17.3 Å². The van der Waals surface area contributed by atoms with Crippen LogP contribution in [0.4, 0.5) is 5.69 Å². The number of anilines is 1. The fourth-order valence-corrected chi connectivity index (χ4v) is 4.70. The number of aryl methyl sites for hydroxylation is 1. The Balaban J connectivity index is 1.34. The fourth-order valence-electron chi connectivity index (χ4n) is 4.53. The molecule has 0 N–H and O–H groups in total. The van der Waals surface area contributed by atoms with Crippen LogP contribution < -0.4 is 4.90 Å². The van der Waals surface area contributed by atoms with Crippen LogP contribution in [-0.4, -0.2) is 37.6 Å². The number of nitrogens with zero attached hydrogens (tertiary/aromatic N) is 2. The first-order valence-electron chi connectivity index (χ1n) is 8.61. The standard InChI is InChI=1S/C19H25ClN2/c1-14-2-5-18(20)12-19(14)22-8-6-21(7-9-22)13-17-11-15-3-4-16(17)10-15/h2-5,12,15-17H,6-11,13H2,1H3. The van der Waals surface area contributed by atoms with Gasteiger partial charge in [0.05, 0.1) is 0 Å².